The Labute approximate surface area is 125 Å². The molecule has 3 aromatic rings. The number of benzene rings is 2. The summed E-state index contributed by atoms with van der Waals surface area (Å²) >= 11 is 0. The van der Waals surface area contributed by atoms with E-state index in [-0.39, 0.29) is 0 Å². The third kappa shape index (κ3) is 3.29. The van der Waals surface area contributed by atoms with Gasteiger partial charge in [-0.25, -0.2) is 4.98 Å². The molecule has 0 spiro atoms. The lowest BCUT2D eigenvalue weighted by Crippen LogP contribution is -2.06. The number of nitrogens with two attached hydrogens (primary N) is 1. The predicted molar refractivity (Wildman–Crippen MR) is 87.1 cm³/mol. The molecule has 2 heteroatoms. The van der Waals surface area contributed by atoms with E-state index in [0.29, 0.717) is 11.7 Å². The van der Waals surface area contributed by atoms with E-state index in [1.54, 1.807) is 0 Å². The van der Waals surface area contributed by atoms with Gasteiger partial charge in [-0.1, -0.05) is 66.7 Å². The third-order valence-corrected chi connectivity index (χ3v) is 3.70. The van der Waals surface area contributed by atoms with Crippen LogP contribution in [0.25, 0.3) is 0 Å². The van der Waals surface area contributed by atoms with Gasteiger partial charge < -0.3 is 5.73 Å². The van der Waals surface area contributed by atoms with E-state index in [1.807, 2.05) is 24.4 Å². The van der Waals surface area contributed by atoms with Crippen molar-refractivity contribution in [2.45, 2.75) is 12.3 Å². The Morgan fingerprint density at radius 3 is 2.05 bits per heavy atom. The van der Waals surface area contributed by atoms with Crippen LogP contribution in [0.4, 0.5) is 5.82 Å². The van der Waals surface area contributed by atoms with Crippen LogP contribution < -0.4 is 5.73 Å². The van der Waals surface area contributed by atoms with E-state index in [2.05, 4.69) is 59.6 Å². The van der Waals surface area contributed by atoms with Gasteiger partial charge in [0.05, 0.1) is 0 Å². The Morgan fingerprint density at radius 1 is 0.762 bits per heavy atom. The molecule has 0 saturated carbocycles. The highest BCUT2D eigenvalue weighted by molar-refractivity contribution is 5.37. The first kappa shape index (κ1) is 13.4. The lowest BCUT2D eigenvalue weighted by Gasteiger charge is -2.18. The normalized spacial score (nSPS) is 12.0. The molecule has 0 aliphatic rings. The van der Waals surface area contributed by atoms with Crippen LogP contribution >= 0.6 is 0 Å². The van der Waals surface area contributed by atoms with E-state index in [9.17, 15) is 0 Å². The number of pyridine rings is 1. The van der Waals surface area contributed by atoms with Gasteiger partial charge in [-0.3, -0.25) is 0 Å². The molecule has 21 heavy (non-hydrogen) atoms. The molecule has 3 rings (SSSR count). The molecule has 2 aromatic carbocycles. The number of nitrogen functional groups attached to an aromatic ring is 1. The van der Waals surface area contributed by atoms with Crippen molar-refractivity contribution in [2.24, 2.45) is 0 Å². The van der Waals surface area contributed by atoms with Crippen LogP contribution in [-0.2, 0) is 6.42 Å². The maximum atomic E-state index is 5.71. The number of nitrogens with zero attached hydrogens (tertiary/aromatic N) is 1. The molecule has 1 heterocycles. The minimum absolute atomic E-state index is 0.293. The Bertz CT molecular complexity index is 676. The average molecular weight is 274 g/mol. The topological polar surface area (TPSA) is 38.9 Å². The second-order valence-corrected chi connectivity index (χ2v) is 5.17. The molecule has 0 bridgehead atoms. The van der Waals surface area contributed by atoms with Gasteiger partial charge in [-0.15, -0.1) is 0 Å². The second kappa shape index (κ2) is 6.23. The van der Waals surface area contributed by atoms with Crippen LogP contribution in [0.15, 0.2) is 79.0 Å². The highest BCUT2D eigenvalue weighted by Crippen LogP contribution is 2.28. The maximum absolute atomic E-state index is 5.71. The SMILES string of the molecule is Nc1ccc(C(Cc2ccccc2)c2ccccc2)cn1. The monoisotopic (exact) mass is 274 g/mol. The van der Waals surface area contributed by atoms with Crippen molar-refractivity contribution in [1.29, 1.82) is 0 Å². The van der Waals surface area contributed by atoms with Crippen LogP contribution in [0.5, 0.6) is 0 Å². The van der Waals surface area contributed by atoms with Crippen LogP contribution in [0, 0.1) is 0 Å². The Morgan fingerprint density at radius 2 is 1.43 bits per heavy atom. The van der Waals surface area contributed by atoms with Gasteiger partial charge in [0.2, 0.25) is 0 Å². The van der Waals surface area contributed by atoms with Gasteiger partial charge in [0, 0.05) is 12.1 Å². The van der Waals surface area contributed by atoms with Crippen LogP contribution in [0.3, 0.4) is 0 Å². The molecule has 0 fully saturated rings. The molecule has 1 aromatic heterocycles. The number of anilines is 1. The fraction of sp³-hybridized carbons (Fsp3) is 0.105. The first-order chi connectivity index (χ1) is 10.3. The summed E-state index contributed by atoms with van der Waals surface area (Å²) < 4.78 is 0. The molecule has 2 N–H and O–H groups in total. The van der Waals surface area contributed by atoms with E-state index >= 15 is 0 Å². The number of aromatic nitrogens is 1. The van der Waals surface area contributed by atoms with Crippen LogP contribution in [0.1, 0.15) is 22.6 Å². The van der Waals surface area contributed by atoms with Crippen molar-refractivity contribution < 1.29 is 0 Å². The highest BCUT2D eigenvalue weighted by Gasteiger charge is 2.15. The minimum Gasteiger partial charge on any atom is -0.384 e. The van der Waals surface area contributed by atoms with Crippen molar-refractivity contribution in [3.05, 3.63) is 95.7 Å². The zero-order valence-corrected chi connectivity index (χ0v) is 11.8. The van der Waals surface area contributed by atoms with Crippen molar-refractivity contribution in [3.63, 3.8) is 0 Å². The van der Waals surface area contributed by atoms with E-state index in [0.717, 1.165) is 6.42 Å². The zero-order valence-electron chi connectivity index (χ0n) is 11.8. The smallest absolute Gasteiger partial charge is 0.123 e. The average Bonchev–Trinajstić information content (AvgIpc) is 2.55. The van der Waals surface area contributed by atoms with Gasteiger partial charge in [0.1, 0.15) is 5.82 Å². The Kier molecular flexibility index (Phi) is 3.97. The van der Waals surface area contributed by atoms with Gasteiger partial charge >= 0.3 is 0 Å². The summed E-state index contributed by atoms with van der Waals surface area (Å²) in [4.78, 5) is 4.24. The molecular weight excluding hydrogens is 256 g/mol. The second-order valence-electron chi connectivity index (χ2n) is 5.17. The number of rotatable bonds is 4. The molecular formula is C19H18N2. The lowest BCUT2D eigenvalue weighted by molar-refractivity contribution is 0.800. The number of hydrogen-bond donors (Lipinski definition) is 1. The highest BCUT2D eigenvalue weighted by atomic mass is 14.8. The zero-order chi connectivity index (χ0) is 14.5. The summed E-state index contributed by atoms with van der Waals surface area (Å²) in [5.74, 6) is 0.854. The fourth-order valence-corrected chi connectivity index (χ4v) is 2.59. The Hall–Kier alpha value is -2.61. The minimum atomic E-state index is 0.293. The van der Waals surface area contributed by atoms with Crippen molar-refractivity contribution in [2.75, 3.05) is 5.73 Å². The molecule has 0 amide bonds. The number of hydrogen-bond acceptors (Lipinski definition) is 2. The van der Waals surface area contributed by atoms with Crippen molar-refractivity contribution in [3.8, 4) is 0 Å². The maximum Gasteiger partial charge on any atom is 0.123 e. The summed E-state index contributed by atoms with van der Waals surface area (Å²) in [6, 6.07) is 25.0. The first-order valence-electron chi connectivity index (χ1n) is 7.13. The third-order valence-electron chi connectivity index (χ3n) is 3.70. The molecule has 2 nitrogen and oxygen atoms in total. The molecule has 0 radical (unpaired) electrons. The molecule has 0 aliphatic carbocycles. The standard InChI is InChI=1S/C19H18N2/c20-19-12-11-17(14-21-19)18(16-9-5-2-6-10-16)13-15-7-3-1-4-8-15/h1-12,14,18H,13H2,(H2,20,21). The summed E-state index contributed by atoms with van der Waals surface area (Å²) in [6.45, 7) is 0. The summed E-state index contributed by atoms with van der Waals surface area (Å²) in [6.07, 6.45) is 2.84. The first-order valence-corrected chi connectivity index (χ1v) is 7.13. The van der Waals surface area contributed by atoms with Crippen molar-refractivity contribution >= 4 is 5.82 Å². The van der Waals surface area contributed by atoms with Crippen LogP contribution in [0.2, 0.25) is 0 Å². The van der Waals surface area contributed by atoms with Gasteiger partial charge in [0.25, 0.3) is 0 Å². The molecule has 1 unspecified atom stereocenters. The van der Waals surface area contributed by atoms with E-state index in [4.69, 9.17) is 5.73 Å². The lowest BCUT2D eigenvalue weighted by atomic mass is 9.87. The predicted octanol–water partition coefficient (Wildman–Crippen LogP) is 4.04. The summed E-state index contributed by atoms with van der Waals surface area (Å²) in [5.41, 5.74) is 9.52. The van der Waals surface area contributed by atoms with Gasteiger partial charge in [-0.05, 0) is 29.2 Å². The van der Waals surface area contributed by atoms with Crippen LogP contribution in [-0.4, -0.2) is 4.98 Å². The van der Waals surface area contributed by atoms with Crippen molar-refractivity contribution in [1.82, 2.24) is 4.98 Å². The van der Waals surface area contributed by atoms with E-state index < -0.39 is 0 Å². The Balaban J connectivity index is 1.97. The quantitative estimate of drug-likeness (QED) is 0.780. The summed E-state index contributed by atoms with van der Waals surface area (Å²) in [5, 5.41) is 0. The van der Waals surface area contributed by atoms with E-state index in [1.165, 1.54) is 16.7 Å². The molecule has 1 atom stereocenters. The molecule has 0 aliphatic heterocycles. The molecule has 0 saturated heterocycles. The fourth-order valence-electron chi connectivity index (χ4n) is 2.59. The summed E-state index contributed by atoms with van der Waals surface area (Å²) in [7, 11) is 0. The molecule has 104 valence electrons. The van der Waals surface area contributed by atoms with Gasteiger partial charge in [0.15, 0.2) is 0 Å². The van der Waals surface area contributed by atoms with Gasteiger partial charge in [-0.2, -0.15) is 0 Å². The largest absolute Gasteiger partial charge is 0.384 e.